The minimum atomic E-state index is -3.39. The standard InChI is InChI=1S/C16H16N2O5S2/c1-25(22,23)12-4-2-3-10(7-12)14(19)13-8-17-16(24-13)18-6-5-11(9-18)15(20)21/h2-4,7-8,11H,5-6,9H2,1H3,(H,20,21). The van der Waals surface area contributed by atoms with E-state index < -0.39 is 21.7 Å². The number of carboxylic acids is 1. The van der Waals surface area contributed by atoms with Crippen molar-refractivity contribution in [1.29, 1.82) is 0 Å². The summed E-state index contributed by atoms with van der Waals surface area (Å²) in [4.78, 5) is 30.2. The second kappa shape index (κ2) is 6.57. The maximum Gasteiger partial charge on any atom is 0.308 e. The molecule has 1 aliphatic heterocycles. The molecule has 0 amide bonds. The number of aromatic nitrogens is 1. The Bertz CT molecular complexity index is 936. The summed E-state index contributed by atoms with van der Waals surface area (Å²) in [6.45, 7) is 0.960. The number of ketones is 1. The van der Waals surface area contributed by atoms with E-state index in [1.165, 1.54) is 35.7 Å². The van der Waals surface area contributed by atoms with Crippen LogP contribution in [-0.2, 0) is 14.6 Å². The molecule has 7 nitrogen and oxygen atoms in total. The van der Waals surface area contributed by atoms with E-state index in [0.717, 1.165) is 6.26 Å². The number of nitrogens with zero attached hydrogens (tertiary/aromatic N) is 2. The van der Waals surface area contributed by atoms with Crippen molar-refractivity contribution in [3.63, 3.8) is 0 Å². The van der Waals surface area contributed by atoms with Gasteiger partial charge in [-0.2, -0.15) is 0 Å². The molecule has 1 aliphatic rings. The lowest BCUT2D eigenvalue weighted by Gasteiger charge is -2.13. The van der Waals surface area contributed by atoms with Gasteiger partial charge in [0.15, 0.2) is 15.0 Å². The van der Waals surface area contributed by atoms with Crippen molar-refractivity contribution in [2.45, 2.75) is 11.3 Å². The van der Waals surface area contributed by atoms with Gasteiger partial charge in [-0.3, -0.25) is 9.59 Å². The number of hydrogen-bond acceptors (Lipinski definition) is 7. The number of carboxylic acid groups (broad SMARTS) is 1. The third-order valence-electron chi connectivity index (χ3n) is 4.05. The number of carbonyl (C=O) groups is 2. The summed E-state index contributed by atoms with van der Waals surface area (Å²) in [7, 11) is -3.39. The van der Waals surface area contributed by atoms with Crippen LogP contribution in [0.5, 0.6) is 0 Å². The van der Waals surface area contributed by atoms with Crippen LogP contribution >= 0.6 is 11.3 Å². The van der Waals surface area contributed by atoms with Gasteiger partial charge in [-0.25, -0.2) is 13.4 Å². The van der Waals surface area contributed by atoms with Gasteiger partial charge in [0.1, 0.15) is 0 Å². The number of thiazole rings is 1. The molecule has 1 unspecified atom stereocenters. The molecule has 0 radical (unpaired) electrons. The van der Waals surface area contributed by atoms with E-state index >= 15 is 0 Å². The first-order chi connectivity index (χ1) is 11.8. The lowest BCUT2D eigenvalue weighted by molar-refractivity contribution is -0.140. The molecule has 0 saturated carbocycles. The number of aliphatic carboxylic acids is 1. The minimum absolute atomic E-state index is 0.0898. The van der Waals surface area contributed by atoms with Gasteiger partial charge >= 0.3 is 5.97 Å². The Morgan fingerprint density at radius 3 is 2.76 bits per heavy atom. The van der Waals surface area contributed by atoms with Gasteiger partial charge in [-0.15, -0.1) is 0 Å². The van der Waals surface area contributed by atoms with Crippen LogP contribution in [0.25, 0.3) is 0 Å². The van der Waals surface area contributed by atoms with Crippen molar-refractivity contribution >= 4 is 38.1 Å². The number of carbonyl (C=O) groups excluding carboxylic acids is 1. The van der Waals surface area contributed by atoms with E-state index in [2.05, 4.69) is 4.98 Å². The van der Waals surface area contributed by atoms with Crippen molar-refractivity contribution < 1.29 is 23.1 Å². The van der Waals surface area contributed by atoms with E-state index in [0.29, 0.717) is 29.5 Å². The summed E-state index contributed by atoms with van der Waals surface area (Å²) in [6.07, 6.45) is 3.09. The second-order valence-corrected chi connectivity index (χ2v) is 8.93. The van der Waals surface area contributed by atoms with E-state index in [1.807, 2.05) is 4.90 Å². The number of benzene rings is 1. The van der Waals surface area contributed by atoms with Gasteiger partial charge in [-0.1, -0.05) is 23.5 Å². The Hall–Kier alpha value is -2.26. The first kappa shape index (κ1) is 17.6. The lowest BCUT2D eigenvalue weighted by atomic mass is 10.1. The molecular formula is C16H16N2O5S2. The fourth-order valence-corrected chi connectivity index (χ4v) is 4.24. The van der Waals surface area contributed by atoms with E-state index in [-0.39, 0.29) is 16.2 Å². The van der Waals surface area contributed by atoms with Crippen molar-refractivity contribution in [2.24, 2.45) is 5.92 Å². The zero-order valence-electron chi connectivity index (χ0n) is 13.4. The summed E-state index contributed by atoms with van der Waals surface area (Å²) in [6, 6.07) is 5.89. The first-order valence-corrected chi connectivity index (χ1v) is 10.2. The molecule has 1 saturated heterocycles. The average molecular weight is 380 g/mol. The van der Waals surface area contributed by atoms with Crippen LogP contribution in [0.4, 0.5) is 5.13 Å². The highest BCUT2D eigenvalue weighted by Crippen LogP contribution is 2.29. The molecule has 2 heterocycles. The maximum absolute atomic E-state index is 12.6. The van der Waals surface area contributed by atoms with Crippen molar-refractivity contribution in [2.75, 3.05) is 24.2 Å². The molecule has 132 valence electrons. The molecule has 25 heavy (non-hydrogen) atoms. The summed E-state index contributed by atoms with van der Waals surface area (Å²) < 4.78 is 23.3. The molecule has 0 spiro atoms. The van der Waals surface area contributed by atoms with Crippen LogP contribution in [0, 0.1) is 5.92 Å². The summed E-state index contributed by atoms with van der Waals surface area (Å²) in [5.74, 6) is -1.55. The third kappa shape index (κ3) is 3.72. The van der Waals surface area contributed by atoms with Crippen molar-refractivity contribution in [1.82, 2.24) is 4.98 Å². The summed E-state index contributed by atoms with van der Waals surface area (Å²) >= 11 is 1.18. The Kier molecular flexibility index (Phi) is 4.61. The Balaban J connectivity index is 1.81. The predicted molar refractivity (Wildman–Crippen MR) is 93.1 cm³/mol. The number of rotatable bonds is 5. The summed E-state index contributed by atoms with van der Waals surface area (Å²) in [5, 5.41) is 9.67. The van der Waals surface area contributed by atoms with Crippen LogP contribution in [-0.4, -0.2) is 49.6 Å². The topological polar surface area (TPSA) is 105 Å². The van der Waals surface area contributed by atoms with Gasteiger partial charge < -0.3 is 10.0 Å². The van der Waals surface area contributed by atoms with Crippen molar-refractivity contribution in [3.8, 4) is 0 Å². The molecule has 2 aromatic rings. The van der Waals surface area contributed by atoms with Crippen LogP contribution in [0.1, 0.15) is 21.7 Å². The van der Waals surface area contributed by atoms with Crippen molar-refractivity contribution in [3.05, 3.63) is 40.9 Å². The molecule has 1 aromatic heterocycles. The molecule has 1 atom stereocenters. The van der Waals surface area contributed by atoms with Gasteiger partial charge in [-0.05, 0) is 18.6 Å². The molecular weight excluding hydrogens is 364 g/mol. The first-order valence-electron chi connectivity index (χ1n) is 7.54. The van der Waals surface area contributed by atoms with Crippen LogP contribution in [0.2, 0.25) is 0 Å². The maximum atomic E-state index is 12.6. The fraction of sp³-hybridized carbons (Fsp3) is 0.312. The highest BCUT2D eigenvalue weighted by Gasteiger charge is 2.30. The molecule has 0 aliphatic carbocycles. The molecule has 1 fully saturated rings. The fourth-order valence-electron chi connectivity index (χ4n) is 2.66. The molecule has 1 N–H and O–H groups in total. The average Bonchev–Trinajstić information content (AvgIpc) is 3.22. The van der Waals surface area contributed by atoms with Crippen LogP contribution < -0.4 is 4.90 Å². The third-order valence-corrected chi connectivity index (χ3v) is 6.22. The van der Waals surface area contributed by atoms with Crippen LogP contribution in [0.3, 0.4) is 0 Å². The molecule has 3 rings (SSSR count). The largest absolute Gasteiger partial charge is 0.481 e. The second-order valence-electron chi connectivity index (χ2n) is 5.91. The van der Waals surface area contributed by atoms with E-state index in [4.69, 9.17) is 5.11 Å². The molecule has 0 bridgehead atoms. The number of hydrogen-bond donors (Lipinski definition) is 1. The van der Waals surface area contributed by atoms with E-state index in [1.54, 1.807) is 6.07 Å². The van der Waals surface area contributed by atoms with Crippen LogP contribution in [0.15, 0.2) is 35.4 Å². The Morgan fingerprint density at radius 2 is 2.12 bits per heavy atom. The van der Waals surface area contributed by atoms with Gasteiger partial charge in [0.05, 0.1) is 21.9 Å². The number of anilines is 1. The van der Waals surface area contributed by atoms with Gasteiger partial charge in [0.2, 0.25) is 5.78 Å². The highest BCUT2D eigenvalue weighted by atomic mass is 32.2. The zero-order valence-corrected chi connectivity index (χ0v) is 15.0. The van der Waals surface area contributed by atoms with Gasteiger partial charge in [0.25, 0.3) is 0 Å². The lowest BCUT2D eigenvalue weighted by Crippen LogP contribution is -2.22. The Labute approximate surface area is 148 Å². The minimum Gasteiger partial charge on any atom is -0.481 e. The Morgan fingerprint density at radius 1 is 1.36 bits per heavy atom. The SMILES string of the molecule is CS(=O)(=O)c1cccc(C(=O)c2cnc(N3CCC(C(=O)O)C3)s2)c1. The zero-order chi connectivity index (χ0) is 18.2. The summed E-state index contributed by atoms with van der Waals surface area (Å²) in [5.41, 5.74) is 0.281. The highest BCUT2D eigenvalue weighted by molar-refractivity contribution is 7.90. The number of sulfone groups is 1. The monoisotopic (exact) mass is 380 g/mol. The smallest absolute Gasteiger partial charge is 0.308 e. The quantitative estimate of drug-likeness (QED) is 0.787. The van der Waals surface area contributed by atoms with Gasteiger partial charge in [0, 0.05) is 24.9 Å². The molecule has 1 aromatic carbocycles. The predicted octanol–water partition coefficient (Wildman–Crippen LogP) is 1.69. The normalized spacial score (nSPS) is 17.6. The molecule has 9 heteroatoms. The van der Waals surface area contributed by atoms with E-state index in [9.17, 15) is 18.0 Å².